The summed E-state index contributed by atoms with van der Waals surface area (Å²) in [7, 11) is -0.366. The molecule has 0 saturated carbocycles. The van der Waals surface area contributed by atoms with E-state index in [-0.39, 0.29) is 11.7 Å². The standard InChI is InChI=1S/C14H21FN2O3S/c1-16(2)21(19,20)17-9-7-12(8-10-17)14(18)11-3-5-13(15)6-4-11/h3-6,12,14,18H,7-10H2,1-2H3. The normalized spacial score (nSPS) is 19.9. The van der Waals surface area contributed by atoms with Crippen LogP contribution in [0.4, 0.5) is 4.39 Å². The van der Waals surface area contributed by atoms with Gasteiger partial charge in [-0.15, -0.1) is 0 Å². The highest BCUT2D eigenvalue weighted by Gasteiger charge is 2.32. The maximum atomic E-state index is 12.9. The molecule has 1 atom stereocenters. The van der Waals surface area contributed by atoms with Crippen LogP contribution in [-0.4, -0.2) is 49.3 Å². The molecule has 1 aromatic carbocycles. The monoisotopic (exact) mass is 316 g/mol. The van der Waals surface area contributed by atoms with Gasteiger partial charge in [0.1, 0.15) is 5.82 Å². The van der Waals surface area contributed by atoms with Crippen molar-refractivity contribution in [1.29, 1.82) is 0 Å². The van der Waals surface area contributed by atoms with E-state index in [1.165, 1.54) is 34.8 Å². The fourth-order valence-electron chi connectivity index (χ4n) is 2.59. The minimum absolute atomic E-state index is 0.0101. The SMILES string of the molecule is CN(C)S(=O)(=O)N1CCC(C(O)c2ccc(F)cc2)CC1. The molecule has 1 unspecified atom stereocenters. The van der Waals surface area contributed by atoms with Gasteiger partial charge in [-0.2, -0.15) is 17.0 Å². The molecule has 1 aliphatic heterocycles. The van der Waals surface area contributed by atoms with Crippen LogP contribution in [-0.2, 0) is 10.2 Å². The van der Waals surface area contributed by atoms with E-state index >= 15 is 0 Å². The van der Waals surface area contributed by atoms with E-state index in [9.17, 15) is 17.9 Å². The van der Waals surface area contributed by atoms with Crippen molar-refractivity contribution in [2.45, 2.75) is 18.9 Å². The smallest absolute Gasteiger partial charge is 0.281 e. The first-order valence-electron chi connectivity index (χ1n) is 6.93. The molecular formula is C14H21FN2O3S. The van der Waals surface area contributed by atoms with Crippen LogP contribution in [0, 0.1) is 11.7 Å². The van der Waals surface area contributed by atoms with Gasteiger partial charge in [-0.3, -0.25) is 0 Å². The molecule has 2 rings (SSSR count). The van der Waals surface area contributed by atoms with Crippen LogP contribution in [0.3, 0.4) is 0 Å². The highest BCUT2D eigenvalue weighted by molar-refractivity contribution is 7.86. The van der Waals surface area contributed by atoms with Gasteiger partial charge < -0.3 is 5.11 Å². The topological polar surface area (TPSA) is 60.9 Å². The Balaban J connectivity index is 1.99. The van der Waals surface area contributed by atoms with E-state index in [4.69, 9.17) is 0 Å². The molecular weight excluding hydrogens is 295 g/mol. The Bertz CT molecular complexity index is 566. The van der Waals surface area contributed by atoms with Gasteiger partial charge >= 0.3 is 0 Å². The molecule has 0 amide bonds. The van der Waals surface area contributed by atoms with Gasteiger partial charge in [-0.05, 0) is 36.5 Å². The fraction of sp³-hybridized carbons (Fsp3) is 0.571. The maximum Gasteiger partial charge on any atom is 0.281 e. The van der Waals surface area contributed by atoms with Crippen molar-refractivity contribution in [3.05, 3.63) is 35.6 Å². The summed E-state index contributed by atoms with van der Waals surface area (Å²) in [5.41, 5.74) is 0.672. The van der Waals surface area contributed by atoms with Crippen molar-refractivity contribution in [2.75, 3.05) is 27.2 Å². The Morgan fingerprint density at radius 1 is 1.24 bits per heavy atom. The third kappa shape index (κ3) is 3.60. The molecule has 118 valence electrons. The average molecular weight is 316 g/mol. The quantitative estimate of drug-likeness (QED) is 0.913. The summed E-state index contributed by atoms with van der Waals surface area (Å²) in [4.78, 5) is 0. The van der Waals surface area contributed by atoms with Crippen LogP contribution in [0.25, 0.3) is 0 Å². The van der Waals surface area contributed by atoms with E-state index in [0.29, 0.717) is 31.5 Å². The van der Waals surface area contributed by atoms with Crippen molar-refractivity contribution in [3.8, 4) is 0 Å². The molecule has 7 heteroatoms. The minimum atomic E-state index is -3.38. The zero-order valence-electron chi connectivity index (χ0n) is 12.2. The number of rotatable bonds is 4. The number of hydrogen-bond donors (Lipinski definition) is 1. The number of piperidine rings is 1. The Labute approximate surface area is 125 Å². The largest absolute Gasteiger partial charge is 0.388 e. The molecule has 1 fully saturated rings. The third-order valence-corrected chi connectivity index (χ3v) is 5.88. The predicted octanol–water partition coefficient (Wildman–Crippen LogP) is 1.38. The van der Waals surface area contributed by atoms with Crippen molar-refractivity contribution < 1.29 is 17.9 Å². The van der Waals surface area contributed by atoms with E-state index in [1.54, 1.807) is 12.1 Å². The summed E-state index contributed by atoms with van der Waals surface area (Å²) in [6.07, 6.45) is 0.492. The zero-order valence-corrected chi connectivity index (χ0v) is 13.1. The van der Waals surface area contributed by atoms with Crippen LogP contribution in [0.1, 0.15) is 24.5 Å². The van der Waals surface area contributed by atoms with Crippen LogP contribution in [0.15, 0.2) is 24.3 Å². The van der Waals surface area contributed by atoms with Gasteiger partial charge in [0.15, 0.2) is 0 Å². The average Bonchev–Trinajstić information content (AvgIpc) is 2.47. The first kappa shape index (κ1) is 16.4. The van der Waals surface area contributed by atoms with Gasteiger partial charge in [-0.1, -0.05) is 12.1 Å². The molecule has 1 saturated heterocycles. The molecule has 1 aromatic rings. The minimum Gasteiger partial charge on any atom is -0.388 e. The number of aliphatic hydroxyl groups is 1. The second kappa shape index (κ2) is 6.39. The molecule has 21 heavy (non-hydrogen) atoms. The first-order chi connectivity index (χ1) is 9.82. The molecule has 1 aliphatic rings. The van der Waals surface area contributed by atoms with Crippen LogP contribution < -0.4 is 0 Å². The summed E-state index contributed by atoms with van der Waals surface area (Å²) in [5, 5.41) is 10.3. The lowest BCUT2D eigenvalue weighted by Crippen LogP contribution is -2.45. The van der Waals surface area contributed by atoms with E-state index in [0.717, 1.165) is 0 Å². The summed E-state index contributed by atoms with van der Waals surface area (Å²) in [6, 6.07) is 5.79. The van der Waals surface area contributed by atoms with Gasteiger partial charge in [0.25, 0.3) is 10.2 Å². The second-order valence-electron chi connectivity index (χ2n) is 5.52. The Morgan fingerprint density at radius 3 is 2.24 bits per heavy atom. The predicted molar refractivity (Wildman–Crippen MR) is 78.3 cm³/mol. The highest BCUT2D eigenvalue weighted by atomic mass is 32.2. The second-order valence-corrected chi connectivity index (χ2v) is 7.67. The van der Waals surface area contributed by atoms with Crippen molar-refractivity contribution in [2.24, 2.45) is 5.92 Å². The Kier molecular flexibility index (Phi) is 4.98. The summed E-state index contributed by atoms with van der Waals surface area (Å²) >= 11 is 0. The highest BCUT2D eigenvalue weighted by Crippen LogP contribution is 2.31. The van der Waals surface area contributed by atoms with E-state index in [1.807, 2.05) is 0 Å². The number of benzene rings is 1. The molecule has 1 N–H and O–H groups in total. The van der Waals surface area contributed by atoms with Crippen molar-refractivity contribution >= 4 is 10.2 Å². The van der Waals surface area contributed by atoms with Gasteiger partial charge in [0, 0.05) is 27.2 Å². The third-order valence-electron chi connectivity index (χ3n) is 3.94. The Hall–Kier alpha value is -1.02. The molecule has 0 bridgehead atoms. The molecule has 0 aliphatic carbocycles. The van der Waals surface area contributed by atoms with E-state index < -0.39 is 16.3 Å². The lowest BCUT2D eigenvalue weighted by atomic mass is 9.88. The molecule has 1 heterocycles. The Morgan fingerprint density at radius 2 is 1.76 bits per heavy atom. The maximum absolute atomic E-state index is 12.9. The molecule has 0 aromatic heterocycles. The van der Waals surface area contributed by atoms with Crippen molar-refractivity contribution in [3.63, 3.8) is 0 Å². The fourth-order valence-corrected chi connectivity index (χ4v) is 3.72. The van der Waals surface area contributed by atoms with Gasteiger partial charge in [0.2, 0.25) is 0 Å². The lowest BCUT2D eigenvalue weighted by molar-refractivity contribution is 0.0751. The summed E-state index contributed by atoms with van der Waals surface area (Å²) in [6.45, 7) is 0.785. The molecule has 0 radical (unpaired) electrons. The van der Waals surface area contributed by atoms with Gasteiger partial charge in [-0.25, -0.2) is 4.39 Å². The van der Waals surface area contributed by atoms with Gasteiger partial charge in [0.05, 0.1) is 6.10 Å². The van der Waals surface area contributed by atoms with Crippen molar-refractivity contribution in [1.82, 2.24) is 8.61 Å². The zero-order chi connectivity index (χ0) is 15.6. The number of halogens is 1. The molecule has 5 nitrogen and oxygen atoms in total. The summed E-state index contributed by atoms with van der Waals surface area (Å²) in [5.74, 6) is -0.345. The number of aliphatic hydroxyl groups excluding tert-OH is 1. The van der Waals surface area contributed by atoms with Crippen LogP contribution >= 0.6 is 0 Å². The molecule has 0 spiro atoms. The van der Waals surface area contributed by atoms with Crippen LogP contribution in [0.2, 0.25) is 0 Å². The first-order valence-corrected chi connectivity index (χ1v) is 8.33. The number of nitrogens with zero attached hydrogens (tertiary/aromatic N) is 2. The summed E-state index contributed by atoms with van der Waals surface area (Å²) < 4.78 is 39.6. The van der Waals surface area contributed by atoms with Crippen LogP contribution in [0.5, 0.6) is 0 Å². The lowest BCUT2D eigenvalue weighted by Gasteiger charge is -2.34. The number of hydrogen-bond acceptors (Lipinski definition) is 3. The van der Waals surface area contributed by atoms with E-state index in [2.05, 4.69) is 0 Å².